The monoisotopic (exact) mass is 385 g/mol. The summed E-state index contributed by atoms with van der Waals surface area (Å²) in [6, 6.07) is 5.39. The smallest absolute Gasteiger partial charge is 0.328 e. The van der Waals surface area contributed by atoms with Crippen molar-refractivity contribution in [2.45, 2.75) is 50.6 Å². The second-order valence-corrected chi connectivity index (χ2v) is 8.08. The molecule has 2 aliphatic rings. The van der Waals surface area contributed by atoms with E-state index in [1.165, 1.54) is 24.9 Å². The predicted octanol–water partition coefficient (Wildman–Crippen LogP) is 3.08. The van der Waals surface area contributed by atoms with Crippen LogP contribution in [-0.4, -0.2) is 45.9 Å². The van der Waals surface area contributed by atoms with E-state index in [4.69, 9.17) is 4.74 Å². The molecule has 0 aromatic carbocycles. The van der Waals surface area contributed by atoms with E-state index in [9.17, 15) is 9.59 Å². The number of ether oxygens (including phenoxy) is 1. The second kappa shape index (κ2) is 7.76. The first-order valence-corrected chi connectivity index (χ1v) is 10.3. The minimum atomic E-state index is -0.454. The summed E-state index contributed by atoms with van der Waals surface area (Å²) in [6.07, 6.45) is 7.01. The third kappa shape index (κ3) is 3.60. The molecule has 1 saturated heterocycles. The molecule has 1 aliphatic heterocycles. The molecule has 142 valence electrons. The minimum absolute atomic E-state index is 0.0299. The number of thiazole rings is 1. The summed E-state index contributed by atoms with van der Waals surface area (Å²) >= 11 is 1.49. The van der Waals surface area contributed by atoms with Crippen LogP contribution in [0.3, 0.4) is 0 Å². The zero-order chi connectivity index (χ0) is 18.8. The number of carbonyl (C=O) groups is 2. The Hall–Kier alpha value is -2.28. The number of amides is 1. The van der Waals surface area contributed by atoms with Crippen LogP contribution in [0.1, 0.15) is 37.8 Å². The lowest BCUT2D eigenvalue weighted by Gasteiger charge is -2.33. The highest BCUT2D eigenvalue weighted by Gasteiger charge is 2.47. The van der Waals surface area contributed by atoms with E-state index in [0.29, 0.717) is 5.92 Å². The molecule has 2 fully saturated rings. The lowest BCUT2D eigenvalue weighted by molar-refractivity contribution is -0.152. The fraction of sp³-hybridized carbons (Fsp3) is 0.500. The van der Waals surface area contributed by atoms with Crippen LogP contribution in [0.15, 0.2) is 29.8 Å². The number of aromatic nitrogens is 2. The van der Waals surface area contributed by atoms with Gasteiger partial charge in [0.05, 0.1) is 24.9 Å². The van der Waals surface area contributed by atoms with E-state index in [1.807, 2.05) is 23.6 Å². The lowest BCUT2D eigenvalue weighted by atomic mass is 9.84. The van der Waals surface area contributed by atoms with Crippen molar-refractivity contribution in [2.24, 2.45) is 5.92 Å². The summed E-state index contributed by atoms with van der Waals surface area (Å²) in [5.41, 5.74) is 1.54. The molecule has 3 atom stereocenters. The average Bonchev–Trinajstić information content (AvgIpc) is 3.32. The zero-order valence-electron chi connectivity index (χ0n) is 15.3. The quantitative estimate of drug-likeness (QED) is 0.757. The first kappa shape index (κ1) is 18.1. The highest BCUT2D eigenvalue weighted by Crippen LogP contribution is 2.40. The number of nitrogens with zero attached hydrogens (tertiary/aromatic N) is 3. The van der Waals surface area contributed by atoms with Crippen molar-refractivity contribution in [1.82, 2.24) is 14.9 Å². The van der Waals surface area contributed by atoms with E-state index >= 15 is 0 Å². The van der Waals surface area contributed by atoms with Gasteiger partial charge in [0.1, 0.15) is 11.0 Å². The van der Waals surface area contributed by atoms with Gasteiger partial charge in [-0.3, -0.25) is 9.78 Å². The van der Waals surface area contributed by atoms with Crippen molar-refractivity contribution < 1.29 is 14.3 Å². The molecule has 3 heterocycles. The van der Waals surface area contributed by atoms with Gasteiger partial charge in [-0.25, -0.2) is 9.78 Å². The first-order valence-electron chi connectivity index (χ1n) is 9.42. The molecule has 2 aromatic heterocycles. The third-order valence-electron chi connectivity index (χ3n) is 5.62. The van der Waals surface area contributed by atoms with E-state index in [-0.39, 0.29) is 24.3 Å². The highest BCUT2D eigenvalue weighted by molar-refractivity contribution is 7.13. The van der Waals surface area contributed by atoms with Gasteiger partial charge in [0.25, 0.3) is 0 Å². The van der Waals surface area contributed by atoms with Crippen LogP contribution in [0.25, 0.3) is 10.7 Å². The van der Waals surface area contributed by atoms with Crippen molar-refractivity contribution in [2.75, 3.05) is 7.11 Å². The molecule has 0 spiro atoms. The van der Waals surface area contributed by atoms with Crippen molar-refractivity contribution in [3.05, 3.63) is 35.5 Å². The third-order valence-corrected chi connectivity index (χ3v) is 6.53. The number of pyridine rings is 1. The summed E-state index contributed by atoms with van der Waals surface area (Å²) in [6.45, 7) is 0. The van der Waals surface area contributed by atoms with Gasteiger partial charge in [0.2, 0.25) is 5.91 Å². The minimum Gasteiger partial charge on any atom is -0.467 e. The maximum atomic E-state index is 13.1. The number of methoxy groups -OCH3 is 1. The molecule has 1 saturated carbocycles. The fourth-order valence-corrected chi connectivity index (χ4v) is 5.20. The lowest BCUT2D eigenvalue weighted by Crippen LogP contribution is -2.47. The molecule has 7 heteroatoms. The highest BCUT2D eigenvalue weighted by atomic mass is 32.1. The summed E-state index contributed by atoms with van der Waals surface area (Å²) in [5, 5.41) is 2.71. The van der Waals surface area contributed by atoms with Gasteiger partial charge in [-0.05, 0) is 37.3 Å². The first-order chi connectivity index (χ1) is 13.2. The standard InChI is InChI=1S/C20H23N3O3S/c1-26-20(25)17-10-13-6-2-3-8-16(13)23(17)18(24)11-14-12-27-19(22-14)15-7-4-5-9-21-15/h4-5,7,9,12-13,16-17H,2-3,6,8,10-11H2,1H3. The van der Waals surface area contributed by atoms with Crippen molar-refractivity contribution >= 4 is 23.2 Å². The Bertz CT molecular complexity index is 823. The van der Waals surface area contributed by atoms with Gasteiger partial charge in [-0.15, -0.1) is 11.3 Å². The average molecular weight is 385 g/mol. The van der Waals surface area contributed by atoms with Crippen LogP contribution in [-0.2, 0) is 20.7 Å². The van der Waals surface area contributed by atoms with E-state index in [1.54, 1.807) is 11.1 Å². The molecule has 0 bridgehead atoms. The van der Waals surface area contributed by atoms with Crippen LogP contribution in [0.4, 0.5) is 0 Å². The van der Waals surface area contributed by atoms with Gasteiger partial charge >= 0.3 is 5.97 Å². The predicted molar refractivity (Wildman–Crippen MR) is 102 cm³/mol. The molecule has 1 amide bonds. The molecular formula is C20H23N3O3S. The van der Waals surface area contributed by atoms with Gasteiger partial charge in [0.15, 0.2) is 0 Å². The van der Waals surface area contributed by atoms with Crippen LogP contribution in [0.5, 0.6) is 0 Å². The molecule has 27 heavy (non-hydrogen) atoms. The number of fused-ring (bicyclic) bond motifs is 1. The number of rotatable bonds is 4. The molecular weight excluding hydrogens is 362 g/mol. The van der Waals surface area contributed by atoms with Gasteiger partial charge in [-0.1, -0.05) is 18.9 Å². The summed E-state index contributed by atoms with van der Waals surface area (Å²) in [7, 11) is 1.40. The van der Waals surface area contributed by atoms with E-state index in [0.717, 1.165) is 42.1 Å². The summed E-state index contributed by atoms with van der Waals surface area (Å²) in [4.78, 5) is 36.1. The Morgan fingerprint density at radius 3 is 2.93 bits per heavy atom. The van der Waals surface area contributed by atoms with Crippen molar-refractivity contribution in [1.29, 1.82) is 0 Å². The van der Waals surface area contributed by atoms with Gasteiger partial charge < -0.3 is 9.64 Å². The number of hydrogen-bond acceptors (Lipinski definition) is 6. The maximum absolute atomic E-state index is 13.1. The van der Waals surface area contributed by atoms with Gasteiger partial charge in [0, 0.05) is 17.6 Å². The molecule has 3 unspecified atom stereocenters. The Morgan fingerprint density at radius 1 is 1.30 bits per heavy atom. The molecule has 0 N–H and O–H groups in total. The molecule has 6 nitrogen and oxygen atoms in total. The van der Waals surface area contributed by atoms with Crippen LogP contribution >= 0.6 is 11.3 Å². The van der Waals surface area contributed by atoms with E-state index < -0.39 is 6.04 Å². The van der Waals surface area contributed by atoms with Crippen LogP contribution in [0.2, 0.25) is 0 Å². The number of likely N-dealkylation sites (tertiary alicyclic amines) is 1. The number of hydrogen-bond donors (Lipinski definition) is 0. The molecule has 1 aliphatic carbocycles. The SMILES string of the molecule is COC(=O)C1CC2CCCCC2N1C(=O)Cc1csc(-c2ccccn2)n1. The number of carbonyl (C=O) groups excluding carboxylic acids is 2. The summed E-state index contributed by atoms with van der Waals surface area (Å²) < 4.78 is 4.98. The van der Waals surface area contributed by atoms with Gasteiger partial charge in [-0.2, -0.15) is 0 Å². The Labute approximate surface area is 162 Å². The largest absolute Gasteiger partial charge is 0.467 e. The number of esters is 1. The van der Waals surface area contributed by atoms with Crippen LogP contribution < -0.4 is 0 Å². The Kier molecular flexibility index (Phi) is 5.20. The molecule has 2 aromatic rings. The van der Waals surface area contributed by atoms with Crippen LogP contribution in [0, 0.1) is 5.92 Å². The maximum Gasteiger partial charge on any atom is 0.328 e. The zero-order valence-corrected chi connectivity index (χ0v) is 16.2. The normalized spacial score (nSPS) is 24.5. The van der Waals surface area contributed by atoms with E-state index in [2.05, 4.69) is 9.97 Å². The fourth-order valence-electron chi connectivity index (χ4n) is 4.41. The molecule has 4 rings (SSSR count). The Balaban J connectivity index is 1.52. The topological polar surface area (TPSA) is 72.4 Å². The summed E-state index contributed by atoms with van der Waals surface area (Å²) in [5.74, 6) is 0.0780. The van der Waals surface area contributed by atoms with Crippen molar-refractivity contribution in [3.8, 4) is 10.7 Å². The Morgan fingerprint density at radius 2 is 2.15 bits per heavy atom. The second-order valence-electron chi connectivity index (χ2n) is 7.22. The van der Waals surface area contributed by atoms with Crippen molar-refractivity contribution in [3.63, 3.8) is 0 Å². The molecule has 0 radical (unpaired) electrons.